The second-order valence-electron chi connectivity index (χ2n) is 6.02. The Hall–Kier alpha value is -2.93. The van der Waals surface area contributed by atoms with Crippen LogP contribution in [0.5, 0.6) is 0 Å². The highest BCUT2D eigenvalue weighted by molar-refractivity contribution is 5.84. The van der Waals surface area contributed by atoms with Crippen molar-refractivity contribution in [1.29, 1.82) is 0 Å². The third kappa shape index (κ3) is 4.13. The van der Waals surface area contributed by atoms with Crippen molar-refractivity contribution in [1.82, 2.24) is 19.9 Å². The number of aryl methyl sites for hydroxylation is 2. The van der Waals surface area contributed by atoms with E-state index >= 15 is 0 Å². The molecule has 0 saturated heterocycles. The smallest absolute Gasteiger partial charge is 0.251 e. The van der Waals surface area contributed by atoms with Gasteiger partial charge in [0.05, 0.1) is 6.54 Å². The molecular weight excluding hydrogens is 318 g/mol. The molecule has 0 aliphatic rings. The summed E-state index contributed by atoms with van der Waals surface area (Å²) in [5.74, 6) is 0.300. The monoisotopic (exact) mass is 339 g/mol. The Labute approximate surface area is 144 Å². The summed E-state index contributed by atoms with van der Waals surface area (Å²) in [7, 11) is 0. The standard InChI is InChI=1S/C18H21N5O2/c1-12-8-18(25)22-17(21-12)10-20-9-13-11-23(7-6-16(19)24)15-5-3-2-4-14(13)15/h2-5,8,11,20H,6-7,9-10H2,1H3,(H2,19,24)(H,21,22,25). The van der Waals surface area contributed by atoms with E-state index in [1.165, 1.54) is 6.07 Å². The number of nitrogens with two attached hydrogens (primary N) is 1. The summed E-state index contributed by atoms with van der Waals surface area (Å²) in [5.41, 5.74) is 8.00. The number of H-pyrrole nitrogens is 1. The van der Waals surface area contributed by atoms with Crippen molar-refractivity contribution in [3.05, 3.63) is 64.0 Å². The lowest BCUT2D eigenvalue weighted by Crippen LogP contribution is -2.19. The van der Waals surface area contributed by atoms with E-state index in [1.807, 2.05) is 29.0 Å². The van der Waals surface area contributed by atoms with Gasteiger partial charge in [-0.2, -0.15) is 0 Å². The maximum absolute atomic E-state index is 11.5. The summed E-state index contributed by atoms with van der Waals surface area (Å²) in [4.78, 5) is 29.6. The quantitative estimate of drug-likeness (QED) is 0.601. The zero-order valence-corrected chi connectivity index (χ0v) is 14.1. The molecule has 25 heavy (non-hydrogen) atoms. The number of hydrogen-bond acceptors (Lipinski definition) is 4. The highest BCUT2D eigenvalue weighted by Gasteiger charge is 2.09. The first-order chi connectivity index (χ1) is 12.0. The van der Waals surface area contributed by atoms with Gasteiger partial charge < -0.3 is 20.6 Å². The molecule has 1 aromatic carbocycles. The Balaban J connectivity index is 1.74. The van der Waals surface area contributed by atoms with Crippen LogP contribution < -0.4 is 16.6 Å². The molecule has 0 spiro atoms. The highest BCUT2D eigenvalue weighted by Crippen LogP contribution is 2.21. The number of carbonyl (C=O) groups is 1. The van der Waals surface area contributed by atoms with Gasteiger partial charge in [-0.15, -0.1) is 0 Å². The average molecular weight is 339 g/mol. The topological polar surface area (TPSA) is 106 Å². The first-order valence-corrected chi connectivity index (χ1v) is 8.15. The van der Waals surface area contributed by atoms with Gasteiger partial charge in [0.2, 0.25) is 5.91 Å². The Kier molecular flexibility index (Phi) is 4.95. The lowest BCUT2D eigenvalue weighted by Gasteiger charge is -2.04. The zero-order chi connectivity index (χ0) is 17.8. The van der Waals surface area contributed by atoms with E-state index in [9.17, 15) is 9.59 Å². The van der Waals surface area contributed by atoms with E-state index in [2.05, 4.69) is 21.4 Å². The fourth-order valence-electron chi connectivity index (χ4n) is 2.92. The van der Waals surface area contributed by atoms with Crippen LogP contribution in [0.25, 0.3) is 10.9 Å². The molecule has 0 atom stereocenters. The van der Waals surface area contributed by atoms with Gasteiger partial charge in [-0.3, -0.25) is 9.59 Å². The molecule has 3 aromatic rings. The normalized spacial score (nSPS) is 11.1. The van der Waals surface area contributed by atoms with E-state index in [1.54, 1.807) is 6.92 Å². The fraction of sp³-hybridized carbons (Fsp3) is 0.278. The predicted molar refractivity (Wildman–Crippen MR) is 95.9 cm³/mol. The highest BCUT2D eigenvalue weighted by atomic mass is 16.1. The van der Waals surface area contributed by atoms with Gasteiger partial charge in [0, 0.05) is 48.4 Å². The number of amides is 1. The molecule has 0 unspecified atom stereocenters. The van der Waals surface area contributed by atoms with Crippen LogP contribution in [0.1, 0.15) is 23.5 Å². The maximum atomic E-state index is 11.5. The number of hydrogen-bond donors (Lipinski definition) is 3. The van der Waals surface area contributed by atoms with E-state index in [-0.39, 0.29) is 11.5 Å². The summed E-state index contributed by atoms with van der Waals surface area (Å²) in [6.07, 6.45) is 2.34. The van der Waals surface area contributed by atoms with Gasteiger partial charge in [-0.1, -0.05) is 18.2 Å². The van der Waals surface area contributed by atoms with E-state index in [0.717, 1.165) is 16.5 Å². The van der Waals surface area contributed by atoms with E-state index in [0.29, 0.717) is 37.6 Å². The van der Waals surface area contributed by atoms with Gasteiger partial charge in [0.15, 0.2) is 0 Å². The molecule has 0 radical (unpaired) electrons. The molecule has 0 fully saturated rings. The number of aromatic amines is 1. The molecule has 7 nitrogen and oxygen atoms in total. The molecule has 0 aliphatic heterocycles. The summed E-state index contributed by atoms with van der Waals surface area (Å²) in [6.45, 7) is 3.45. The van der Waals surface area contributed by atoms with Crippen molar-refractivity contribution >= 4 is 16.8 Å². The molecule has 1 amide bonds. The van der Waals surface area contributed by atoms with Crippen molar-refractivity contribution in [2.45, 2.75) is 33.0 Å². The van der Waals surface area contributed by atoms with Gasteiger partial charge in [-0.05, 0) is 18.6 Å². The molecule has 0 aliphatic carbocycles. The molecule has 2 heterocycles. The number of nitrogens with one attached hydrogen (secondary N) is 2. The summed E-state index contributed by atoms with van der Waals surface area (Å²) in [6, 6.07) is 9.51. The van der Waals surface area contributed by atoms with Crippen LogP contribution >= 0.6 is 0 Å². The van der Waals surface area contributed by atoms with Crippen LogP contribution in [-0.2, 0) is 24.4 Å². The first kappa shape index (κ1) is 16.9. The largest absolute Gasteiger partial charge is 0.370 e. The molecule has 2 aromatic heterocycles. The van der Waals surface area contributed by atoms with Gasteiger partial charge >= 0.3 is 0 Å². The SMILES string of the molecule is Cc1cc(=O)[nH]c(CNCc2cn(CCC(N)=O)c3ccccc23)n1. The predicted octanol–water partition coefficient (Wildman–Crippen LogP) is 1.20. The Morgan fingerprint density at radius 3 is 2.88 bits per heavy atom. The van der Waals surface area contributed by atoms with Crippen molar-refractivity contribution in [3.8, 4) is 0 Å². The maximum Gasteiger partial charge on any atom is 0.251 e. The van der Waals surface area contributed by atoms with Gasteiger partial charge in [0.25, 0.3) is 5.56 Å². The van der Waals surface area contributed by atoms with E-state index in [4.69, 9.17) is 5.73 Å². The lowest BCUT2D eigenvalue weighted by molar-refractivity contribution is -0.118. The number of fused-ring (bicyclic) bond motifs is 1. The molecule has 0 bridgehead atoms. The minimum absolute atomic E-state index is 0.146. The van der Waals surface area contributed by atoms with Gasteiger partial charge in [-0.25, -0.2) is 4.98 Å². The Bertz CT molecular complexity index is 957. The minimum atomic E-state index is -0.313. The number of aromatic nitrogens is 3. The average Bonchev–Trinajstić information content (AvgIpc) is 2.90. The summed E-state index contributed by atoms with van der Waals surface area (Å²) < 4.78 is 2.05. The van der Waals surface area contributed by atoms with Crippen LogP contribution in [-0.4, -0.2) is 20.4 Å². The second-order valence-corrected chi connectivity index (χ2v) is 6.02. The fourth-order valence-corrected chi connectivity index (χ4v) is 2.92. The third-order valence-corrected chi connectivity index (χ3v) is 4.00. The molecule has 130 valence electrons. The number of para-hydroxylation sites is 1. The van der Waals surface area contributed by atoms with Crippen molar-refractivity contribution in [3.63, 3.8) is 0 Å². The van der Waals surface area contributed by atoms with Crippen LogP contribution in [0.4, 0.5) is 0 Å². The third-order valence-electron chi connectivity index (χ3n) is 4.00. The Morgan fingerprint density at radius 1 is 1.32 bits per heavy atom. The Morgan fingerprint density at radius 2 is 2.12 bits per heavy atom. The van der Waals surface area contributed by atoms with Crippen LogP contribution in [0, 0.1) is 6.92 Å². The van der Waals surface area contributed by atoms with Crippen LogP contribution in [0.2, 0.25) is 0 Å². The van der Waals surface area contributed by atoms with Gasteiger partial charge in [0.1, 0.15) is 5.82 Å². The molecule has 4 N–H and O–H groups in total. The minimum Gasteiger partial charge on any atom is -0.370 e. The summed E-state index contributed by atoms with van der Waals surface area (Å²) >= 11 is 0. The number of nitrogens with zero attached hydrogens (tertiary/aromatic N) is 2. The second kappa shape index (κ2) is 7.31. The van der Waals surface area contributed by atoms with Crippen molar-refractivity contribution in [2.24, 2.45) is 5.73 Å². The molecular formula is C18H21N5O2. The van der Waals surface area contributed by atoms with Crippen LogP contribution in [0.15, 0.2) is 41.3 Å². The molecule has 0 saturated carbocycles. The molecule has 3 rings (SSSR count). The van der Waals surface area contributed by atoms with E-state index < -0.39 is 0 Å². The lowest BCUT2D eigenvalue weighted by atomic mass is 10.2. The van der Waals surface area contributed by atoms with Crippen molar-refractivity contribution < 1.29 is 4.79 Å². The number of rotatable bonds is 7. The van der Waals surface area contributed by atoms with Crippen molar-refractivity contribution in [2.75, 3.05) is 0 Å². The summed E-state index contributed by atoms with van der Waals surface area (Å²) in [5, 5.41) is 4.43. The first-order valence-electron chi connectivity index (χ1n) is 8.15. The molecule has 7 heteroatoms. The zero-order valence-electron chi connectivity index (χ0n) is 14.1. The number of primary amides is 1. The number of benzene rings is 1. The van der Waals surface area contributed by atoms with Crippen LogP contribution in [0.3, 0.4) is 0 Å². The number of carbonyl (C=O) groups excluding carboxylic acids is 1.